The molecule has 3 heteroatoms. The minimum atomic E-state index is -0.187. The number of carbonyl (C=O) groups is 2. The summed E-state index contributed by atoms with van der Waals surface area (Å²) in [7, 11) is 0. The summed E-state index contributed by atoms with van der Waals surface area (Å²) in [5.74, 6) is -0.375. The zero-order valence-corrected chi connectivity index (χ0v) is 7.81. The Morgan fingerprint density at radius 3 is 1.38 bits per heavy atom. The number of rotatable bonds is 2. The first-order valence-corrected chi connectivity index (χ1v) is 1.99. The molecule has 0 atom stereocenters. The van der Waals surface area contributed by atoms with Crippen molar-refractivity contribution in [2.45, 2.75) is 13.8 Å². The van der Waals surface area contributed by atoms with Crippen LogP contribution in [0.15, 0.2) is 0 Å². The molecule has 0 unspecified atom stereocenters. The van der Waals surface area contributed by atoms with Crippen molar-refractivity contribution in [2.75, 3.05) is 0 Å². The summed E-state index contributed by atoms with van der Waals surface area (Å²) in [6.45, 7) is 2.70. The van der Waals surface area contributed by atoms with E-state index in [0.717, 1.165) is 6.42 Å². The van der Waals surface area contributed by atoms with Crippen LogP contribution in [-0.2, 0) is 42.3 Å². The standard InChI is InChI=1S/C5H7O2.Y/c1-4(6)3-5(2)7;/h3H,1-2H3;/q-1;+3. The minimum absolute atomic E-state index is 0. The van der Waals surface area contributed by atoms with Gasteiger partial charge in [-0.3, -0.25) is 6.42 Å². The van der Waals surface area contributed by atoms with Gasteiger partial charge in [0.15, 0.2) is 0 Å². The molecule has 0 fully saturated rings. The van der Waals surface area contributed by atoms with Crippen LogP contribution in [0.3, 0.4) is 0 Å². The molecular formula is C5H7O2Y+2. The fourth-order valence-corrected chi connectivity index (χ4v) is 0.286. The second kappa shape index (κ2) is 5.45. The maximum Gasteiger partial charge on any atom is 3.00 e. The van der Waals surface area contributed by atoms with E-state index in [1.165, 1.54) is 13.8 Å². The van der Waals surface area contributed by atoms with Gasteiger partial charge in [-0.15, -0.1) is 0 Å². The number of hydrogen-bond acceptors (Lipinski definition) is 2. The van der Waals surface area contributed by atoms with E-state index in [4.69, 9.17) is 0 Å². The predicted molar refractivity (Wildman–Crippen MR) is 25.7 cm³/mol. The third-order valence-corrected chi connectivity index (χ3v) is 0.407. The van der Waals surface area contributed by atoms with E-state index in [9.17, 15) is 9.59 Å². The van der Waals surface area contributed by atoms with E-state index < -0.39 is 0 Å². The molecule has 0 saturated heterocycles. The first-order chi connectivity index (χ1) is 3.13. The molecule has 0 aromatic rings. The van der Waals surface area contributed by atoms with Gasteiger partial charge in [-0.2, -0.15) is 0 Å². The molecule has 0 saturated carbocycles. The van der Waals surface area contributed by atoms with Gasteiger partial charge in [0.05, 0.1) is 0 Å². The Labute approximate surface area is 73.9 Å². The average Bonchev–Trinajstić information content (AvgIpc) is 1.27. The first kappa shape index (κ1) is 11.2. The molecule has 40 valence electrons. The Bertz CT molecular complexity index is 86.6. The fraction of sp³-hybridized carbons (Fsp3) is 0.400. The Balaban J connectivity index is 0. The van der Waals surface area contributed by atoms with Crippen molar-refractivity contribution in [1.82, 2.24) is 0 Å². The maximum absolute atomic E-state index is 9.98. The van der Waals surface area contributed by atoms with Crippen molar-refractivity contribution in [2.24, 2.45) is 0 Å². The van der Waals surface area contributed by atoms with Gasteiger partial charge in [0, 0.05) is 11.6 Å². The van der Waals surface area contributed by atoms with Crippen LogP contribution >= 0.6 is 0 Å². The second-order valence-electron chi connectivity index (χ2n) is 1.37. The monoisotopic (exact) mass is 188 g/mol. The van der Waals surface area contributed by atoms with Crippen molar-refractivity contribution < 1.29 is 42.3 Å². The molecule has 0 heterocycles. The van der Waals surface area contributed by atoms with E-state index in [-0.39, 0.29) is 44.3 Å². The van der Waals surface area contributed by atoms with E-state index >= 15 is 0 Å². The Morgan fingerprint density at radius 1 is 1.12 bits per heavy atom. The molecule has 0 amide bonds. The van der Waals surface area contributed by atoms with Gasteiger partial charge >= 0.3 is 32.7 Å². The molecule has 0 radical (unpaired) electrons. The number of Topliss-reactive ketones (excluding diaryl/α,β-unsaturated/α-hetero) is 2. The third-order valence-electron chi connectivity index (χ3n) is 0.407. The molecule has 0 aliphatic rings. The zero-order valence-electron chi connectivity index (χ0n) is 4.97. The van der Waals surface area contributed by atoms with Gasteiger partial charge in [0.25, 0.3) is 0 Å². The minimum Gasteiger partial charge on any atom is -0.334 e. The third kappa shape index (κ3) is 9.58. The van der Waals surface area contributed by atoms with Crippen molar-refractivity contribution in [1.29, 1.82) is 0 Å². The van der Waals surface area contributed by atoms with Gasteiger partial charge in [-0.1, -0.05) is 0 Å². The molecule has 0 aromatic heterocycles. The number of carbonyl (C=O) groups excluding carboxylic acids is 2. The molecule has 0 spiro atoms. The van der Waals surface area contributed by atoms with Crippen LogP contribution in [0.2, 0.25) is 0 Å². The fourth-order valence-electron chi connectivity index (χ4n) is 0.286. The molecule has 8 heavy (non-hydrogen) atoms. The molecule has 0 N–H and O–H groups in total. The average molecular weight is 188 g/mol. The van der Waals surface area contributed by atoms with Crippen LogP contribution < -0.4 is 0 Å². The quantitative estimate of drug-likeness (QED) is 0.463. The van der Waals surface area contributed by atoms with Crippen molar-refractivity contribution >= 4 is 11.6 Å². The van der Waals surface area contributed by atoms with Crippen molar-refractivity contribution in [3.8, 4) is 0 Å². The molecule has 0 aliphatic carbocycles. The van der Waals surface area contributed by atoms with Crippen molar-refractivity contribution in [3.05, 3.63) is 6.42 Å². The maximum atomic E-state index is 9.98. The molecular weight excluding hydrogens is 181 g/mol. The van der Waals surface area contributed by atoms with E-state index in [0.29, 0.717) is 0 Å². The number of ketones is 2. The normalized spacial score (nSPS) is 6.75. The molecule has 0 rings (SSSR count). The van der Waals surface area contributed by atoms with Gasteiger partial charge in [-0.25, -0.2) is 0 Å². The van der Waals surface area contributed by atoms with Gasteiger partial charge in [0.1, 0.15) is 0 Å². The summed E-state index contributed by atoms with van der Waals surface area (Å²) in [5, 5.41) is 0. The van der Waals surface area contributed by atoms with Crippen LogP contribution in [0.25, 0.3) is 0 Å². The summed E-state index contributed by atoms with van der Waals surface area (Å²) in [4.78, 5) is 20.0. The van der Waals surface area contributed by atoms with Crippen LogP contribution in [-0.4, -0.2) is 11.6 Å². The summed E-state index contributed by atoms with van der Waals surface area (Å²) in [6, 6.07) is 0. The van der Waals surface area contributed by atoms with Gasteiger partial charge in [0.2, 0.25) is 0 Å². The predicted octanol–water partition coefficient (Wildman–Crippen LogP) is 0.366. The zero-order chi connectivity index (χ0) is 5.86. The van der Waals surface area contributed by atoms with Crippen LogP contribution in [0.5, 0.6) is 0 Å². The van der Waals surface area contributed by atoms with E-state index in [1.807, 2.05) is 0 Å². The molecule has 0 aromatic carbocycles. The molecule has 0 bridgehead atoms. The van der Waals surface area contributed by atoms with Crippen molar-refractivity contribution in [3.63, 3.8) is 0 Å². The van der Waals surface area contributed by atoms with Crippen LogP contribution in [0.1, 0.15) is 13.8 Å². The molecule has 2 nitrogen and oxygen atoms in total. The number of hydrogen-bond donors (Lipinski definition) is 0. The Morgan fingerprint density at radius 2 is 1.38 bits per heavy atom. The van der Waals surface area contributed by atoms with E-state index in [1.54, 1.807) is 0 Å². The van der Waals surface area contributed by atoms with Crippen LogP contribution in [0.4, 0.5) is 0 Å². The Hall–Kier alpha value is 0.314. The first-order valence-electron chi connectivity index (χ1n) is 1.99. The Kier molecular flexibility index (Phi) is 7.60. The van der Waals surface area contributed by atoms with Gasteiger partial charge < -0.3 is 9.59 Å². The summed E-state index contributed by atoms with van der Waals surface area (Å²) < 4.78 is 0. The van der Waals surface area contributed by atoms with Gasteiger partial charge in [-0.05, 0) is 13.8 Å². The SMILES string of the molecule is CC(=O)[CH-]C(C)=O.[Y+3]. The summed E-state index contributed by atoms with van der Waals surface area (Å²) in [6.07, 6.45) is 1.06. The van der Waals surface area contributed by atoms with E-state index in [2.05, 4.69) is 0 Å². The summed E-state index contributed by atoms with van der Waals surface area (Å²) in [5.41, 5.74) is 0. The smallest absolute Gasteiger partial charge is 0.334 e. The topological polar surface area (TPSA) is 34.1 Å². The second-order valence-corrected chi connectivity index (χ2v) is 1.37. The summed E-state index contributed by atoms with van der Waals surface area (Å²) >= 11 is 0. The largest absolute Gasteiger partial charge is 3.00 e. The molecule has 0 aliphatic heterocycles. The van der Waals surface area contributed by atoms with Crippen LogP contribution in [0, 0.1) is 6.42 Å².